The first-order chi connectivity index (χ1) is 7.33. The third-order valence-electron chi connectivity index (χ3n) is 1.85. The smallest absolute Gasteiger partial charge is 0.141 e. The first-order valence-electron chi connectivity index (χ1n) is 4.35. The average Bonchev–Trinajstić information content (AvgIpc) is 2.78. The highest BCUT2D eigenvalue weighted by Crippen LogP contribution is 2.24. The van der Waals surface area contributed by atoms with Gasteiger partial charge < -0.3 is 5.73 Å². The molecule has 0 saturated carbocycles. The molecule has 2 aromatic rings. The Labute approximate surface area is 90.0 Å². The number of alkyl halides is 1. The first kappa shape index (κ1) is 10.1. The Kier molecular flexibility index (Phi) is 2.98. The first-order valence-corrected chi connectivity index (χ1v) is 5.17. The number of hydrogen-bond donors (Lipinski definition) is 1. The highest BCUT2D eigenvalue weighted by molar-refractivity contribution is 7.15. The van der Waals surface area contributed by atoms with Gasteiger partial charge >= 0.3 is 0 Å². The lowest BCUT2D eigenvalue weighted by Gasteiger charge is -1.97. The number of hydrogen-bond acceptors (Lipinski definition) is 5. The van der Waals surface area contributed by atoms with Gasteiger partial charge in [0.1, 0.15) is 18.0 Å². The second-order valence-corrected chi connectivity index (χ2v) is 3.97. The molecule has 0 atom stereocenters. The van der Waals surface area contributed by atoms with E-state index in [1.54, 1.807) is 12.3 Å². The van der Waals surface area contributed by atoms with Crippen LogP contribution in [-0.4, -0.2) is 15.0 Å². The number of halogens is 1. The van der Waals surface area contributed by atoms with Gasteiger partial charge in [-0.15, -0.1) is 11.3 Å². The maximum absolute atomic E-state index is 12.3. The molecule has 0 bridgehead atoms. The van der Waals surface area contributed by atoms with E-state index < -0.39 is 6.67 Å². The van der Waals surface area contributed by atoms with E-state index in [4.69, 9.17) is 5.73 Å². The number of rotatable bonds is 3. The summed E-state index contributed by atoms with van der Waals surface area (Å²) in [6.45, 7) is -0.177. The molecule has 2 aromatic heterocycles. The molecular weight excluding hydrogens is 215 g/mol. The summed E-state index contributed by atoms with van der Waals surface area (Å²) in [5, 5.41) is 0.456. The molecule has 0 radical (unpaired) electrons. The fourth-order valence-electron chi connectivity index (χ4n) is 1.13. The molecule has 78 valence electrons. The minimum atomic E-state index is -0.542. The van der Waals surface area contributed by atoms with Gasteiger partial charge in [-0.05, 0) is 6.07 Å². The Morgan fingerprint density at radius 1 is 1.33 bits per heavy atom. The highest BCUT2D eigenvalue weighted by Gasteiger charge is 2.06. The summed E-state index contributed by atoms with van der Waals surface area (Å²) < 4.78 is 12.3. The summed E-state index contributed by atoms with van der Waals surface area (Å²) in [5.74, 6) is 0. The fraction of sp³-hybridized carbons (Fsp3) is 0.222. The van der Waals surface area contributed by atoms with Crippen molar-refractivity contribution in [2.45, 2.75) is 13.2 Å². The largest absolute Gasteiger partial charge is 0.325 e. The van der Waals surface area contributed by atoms with Gasteiger partial charge in [-0.3, -0.25) is 0 Å². The average molecular weight is 224 g/mol. The van der Waals surface area contributed by atoms with E-state index in [2.05, 4.69) is 15.0 Å². The Morgan fingerprint density at radius 3 is 2.87 bits per heavy atom. The zero-order valence-electron chi connectivity index (χ0n) is 7.85. The van der Waals surface area contributed by atoms with Crippen molar-refractivity contribution in [1.29, 1.82) is 0 Å². The topological polar surface area (TPSA) is 64.7 Å². The fourth-order valence-corrected chi connectivity index (χ4v) is 1.87. The molecule has 0 fully saturated rings. The lowest BCUT2D eigenvalue weighted by molar-refractivity contribution is 0.483. The molecule has 0 aliphatic rings. The predicted octanol–water partition coefficient (Wildman–Crippen LogP) is 1.53. The maximum Gasteiger partial charge on any atom is 0.141 e. The summed E-state index contributed by atoms with van der Waals surface area (Å²) in [4.78, 5) is 12.8. The van der Waals surface area contributed by atoms with Crippen LogP contribution in [-0.2, 0) is 13.2 Å². The lowest BCUT2D eigenvalue weighted by Crippen LogP contribution is -1.99. The van der Waals surface area contributed by atoms with Crippen LogP contribution in [0.5, 0.6) is 0 Å². The Hall–Kier alpha value is -1.40. The highest BCUT2D eigenvalue weighted by atomic mass is 32.1. The van der Waals surface area contributed by atoms with Crippen LogP contribution < -0.4 is 5.73 Å². The molecule has 0 aromatic carbocycles. The standard InChI is InChI=1S/C9H9FN4S/c10-2-9-12-4-8(15-9)7-1-6(3-11)13-5-14-7/h1,4-5H,2-3,11H2. The summed E-state index contributed by atoms with van der Waals surface area (Å²) >= 11 is 1.29. The van der Waals surface area contributed by atoms with Crippen molar-refractivity contribution in [3.05, 3.63) is 29.3 Å². The minimum Gasteiger partial charge on any atom is -0.325 e. The van der Waals surface area contributed by atoms with Crippen LogP contribution in [0.15, 0.2) is 18.6 Å². The molecular formula is C9H9FN4S. The number of aromatic nitrogens is 3. The third-order valence-corrected chi connectivity index (χ3v) is 2.84. The molecule has 0 aliphatic heterocycles. The van der Waals surface area contributed by atoms with Crippen LogP contribution >= 0.6 is 11.3 Å². The normalized spacial score (nSPS) is 10.5. The Morgan fingerprint density at radius 2 is 2.20 bits per heavy atom. The van der Waals surface area contributed by atoms with Crippen molar-refractivity contribution in [2.24, 2.45) is 5.73 Å². The van der Waals surface area contributed by atoms with E-state index in [9.17, 15) is 4.39 Å². The van der Waals surface area contributed by atoms with Gasteiger partial charge in [-0.2, -0.15) is 0 Å². The molecule has 0 aliphatic carbocycles. The number of thiazole rings is 1. The predicted molar refractivity (Wildman–Crippen MR) is 55.8 cm³/mol. The monoisotopic (exact) mass is 224 g/mol. The molecule has 0 saturated heterocycles. The second-order valence-electron chi connectivity index (χ2n) is 2.85. The molecule has 2 rings (SSSR count). The lowest BCUT2D eigenvalue weighted by atomic mass is 10.3. The van der Waals surface area contributed by atoms with Crippen LogP contribution in [0.25, 0.3) is 10.6 Å². The minimum absolute atomic E-state index is 0.365. The van der Waals surface area contributed by atoms with Gasteiger partial charge in [0.05, 0.1) is 16.3 Å². The van der Waals surface area contributed by atoms with Crippen LogP contribution in [0, 0.1) is 0 Å². The zero-order valence-corrected chi connectivity index (χ0v) is 8.67. The van der Waals surface area contributed by atoms with E-state index in [-0.39, 0.29) is 0 Å². The summed E-state index contributed by atoms with van der Waals surface area (Å²) in [6, 6.07) is 1.79. The van der Waals surface area contributed by atoms with Gasteiger partial charge in [-0.1, -0.05) is 0 Å². The van der Waals surface area contributed by atoms with Crippen molar-refractivity contribution in [2.75, 3.05) is 0 Å². The summed E-state index contributed by atoms with van der Waals surface area (Å²) in [6.07, 6.45) is 3.06. The van der Waals surface area contributed by atoms with Gasteiger partial charge in [0, 0.05) is 12.7 Å². The molecule has 0 amide bonds. The Balaban J connectivity index is 2.35. The van der Waals surface area contributed by atoms with Gasteiger partial charge in [0.25, 0.3) is 0 Å². The van der Waals surface area contributed by atoms with E-state index in [0.717, 1.165) is 16.3 Å². The number of nitrogens with two attached hydrogens (primary N) is 1. The summed E-state index contributed by atoms with van der Waals surface area (Å²) in [5.41, 5.74) is 6.96. The maximum atomic E-state index is 12.3. The van der Waals surface area contributed by atoms with Crippen molar-refractivity contribution in [3.8, 4) is 10.6 Å². The zero-order chi connectivity index (χ0) is 10.7. The van der Waals surface area contributed by atoms with E-state index in [0.29, 0.717) is 11.6 Å². The molecule has 6 heteroatoms. The van der Waals surface area contributed by atoms with E-state index >= 15 is 0 Å². The summed E-state index contributed by atoms with van der Waals surface area (Å²) in [7, 11) is 0. The van der Waals surface area contributed by atoms with Crippen molar-refractivity contribution < 1.29 is 4.39 Å². The van der Waals surface area contributed by atoms with Crippen molar-refractivity contribution in [3.63, 3.8) is 0 Å². The van der Waals surface area contributed by atoms with Crippen LogP contribution in [0.1, 0.15) is 10.7 Å². The Bertz CT molecular complexity index is 457. The van der Waals surface area contributed by atoms with E-state index in [1.165, 1.54) is 17.7 Å². The van der Waals surface area contributed by atoms with Crippen molar-refractivity contribution in [1.82, 2.24) is 15.0 Å². The molecule has 2 heterocycles. The molecule has 0 unspecified atom stereocenters. The van der Waals surface area contributed by atoms with Crippen LogP contribution in [0.3, 0.4) is 0 Å². The molecule has 2 N–H and O–H groups in total. The van der Waals surface area contributed by atoms with Gasteiger partial charge in [0.2, 0.25) is 0 Å². The van der Waals surface area contributed by atoms with Crippen LogP contribution in [0.4, 0.5) is 4.39 Å². The van der Waals surface area contributed by atoms with Crippen molar-refractivity contribution >= 4 is 11.3 Å². The molecule has 4 nitrogen and oxygen atoms in total. The van der Waals surface area contributed by atoms with E-state index in [1.807, 2.05) is 0 Å². The third kappa shape index (κ3) is 2.16. The molecule has 0 spiro atoms. The van der Waals surface area contributed by atoms with Gasteiger partial charge in [-0.25, -0.2) is 19.3 Å². The van der Waals surface area contributed by atoms with Crippen LogP contribution in [0.2, 0.25) is 0 Å². The molecule has 15 heavy (non-hydrogen) atoms. The number of nitrogens with zero attached hydrogens (tertiary/aromatic N) is 3. The SMILES string of the molecule is NCc1cc(-c2cnc(CF)s2)ncn1. The van der Waals surface area contributed by atoms with Gasteiger partial charge in [0.15, 0.2) is 0 Å². The second kappa shape index (κ2) is 4.41. The quantitative estimate of drug-likeness (QED) is 0.858.